The maximum Gasteiger partial charge on any atom is 0.350 e. The molecule has 1 aliphatic heterocycles. The summed E-state index contributed by atoms with van der Waals surface area (Å²) in [5.74, 6) is -2.89. The molecule has 1 fully saturated rings. The topological polar surface area (TPSA) is 140 Å². The lowest BCUT2D eigenvalue weighted by atomic mass is 9.95. The highest BCUT2D eigenvalue weighted by Crippen LogP contribution is 2.44. The van der Waals surface area contributed by atoms with Crippen LogP contribution in [0, 0.1) is 24.0 Å². The number of aliphatic hydroxyl groups excluding tert-OH is 1. The third kappa shape index (κ3) is 4.36. The van der Waals surface area contributed by atoms with Crippen molar-refractivity contribution in [3.8, 4) is 0 Å². The van der Waals surface area contributed by atoms with Gasteiger partial charge in [0, 0.05) is 17.7 Å². The zero-order valence-corrected chi connectivity index (χ0v) is 20.4. The molecule has 1 N–H and O–H groups in total. The Labute approximate surface area is 209 Å². The van der Waals surface area contributed by atoms with Gasteiger partial charge in [-0.15, -0.1) is 0 Å². The van der Waals surface area contributed by atoms with E-state index in [1.807, 2.05) is 6.92 Å². The first-order chi connectivity index (χ1) is 17.1. The summed E-state index contributed by atoms with van der Waals surface area (Å²) in [6.07, 6.45) is 0. The van der Waals surface area contributed by atoms with E-state index in [0.717, 1.165) is 21.8 Å². The summed E-state index contributed by atoms with van der Waals surface area (Å²) in [4.78, 5) is 55.0. The molecule has 1 atom stereocenters. The number of Topliss-reactive ketones (excluding diaryl/α,β-unsaturated/α-hetero) is 1. The summed E-state index contributed by atoms with van der Waals surface area (Å²) >= 11 is 0.883. The molecule has 10 nitrogen and oxygen atoms in total. The van der Waals surface area contributed by atoms with Gasteiger partial charge in [0.2, 0.25) is 0 Å². The van der Waals surface area contributed by atoms with Gasteiger partial charge in [-0.3, -0.25) is 24.6 Å². The molecule has 0 aliphatic carbocycles. The van der Waals surface area contributed by atoms with Crippen LogP contribution < -0.4 is 4.90 Å². The molecule has 2 aromatic carbocycles. The van der Waals surface area contributed by atoms with Gasteiger partial charge in [0.25, 0.3) is 11.5 Å². The highest BCUT2D eigenvalue weighted by atomic mass is 32.1. The van der Waals surface area contributed by atoms with Crippen molar-refractivity contribution in [3.05, 3.63) is 91.5 Å². The van der Waals surface area contributed by atoms with Gasteiger partial charge in [-0.25, -0.2) is 9.78 Å². The van der Waals surface area contributed by atoms with Crippen LogP contribution >= 0.6 is 11.3 Å². The van der Waals surface area contributed by atoms with Crippen LogP contribution in [0.25, 0.3) is 5.76 Å². The molecule has 36 heavy (non-hydrogen) atoms. The van der Waals surface area contributed by atoms with E-state index in [1.165, 1.54) is 24.3 Å². The predicted molar refractivity (Wildman–Crippen MR) is 132 cm³/mol. The Morgan fingerprint density at radius 1 is 1.14 bits per heavy atom. The van der Waals surface area contributed by atoms with Gasteiger partial charge in [-0.05, 0) is 38.5 Å². The molecule has 0 unspecified atom stereocenters. The molecule has 11 heteroatoms. The minimum absolute atomic E-state index is 0.0592. The molecule has 184 valence electrons. The smallest absolute Gasteiger partial charge is 0.350 e. The fourth-order valence-electron chi connectivity index (χ4n) is 3.86. The number of anilines is 1. The van der Waals surface area contributed by atoms with Gasteiger partial charge < -0.3 is 9.84 Å². The van der Waals surface area contributed by atoms with Crippen molar-refractivity contribution >= 4 is 45.6 Å². The van der Waals surface area contributed by atoms with Gasteiger partial charge in [-0.2, -0.15) is 0 Å². The number of benzene rings is 2. The fourth-order valence-corrected chi connectivity index (χ4v) is 4.85. The second kappa shape index (κ2) is 9.70. The van der Waals surface area contributed by atoms with Crippen LogP contribution in [0.2, 0.25) is 0 Å². The number of amides is 1. The molecule has 0 bridgehead atoms. The Morgan fingerprint density at radius 3 is 2.36 bits per heavy atom. The largest absolute Gasteiger partial charge is 0.507 e. The number of ether oxygens (including phenoxy) is 1. The number of aryl methyl sites for hydroxylation is 2. The number of rotatable bonds is 6. The van der Waals surface area contributed by atoms with Crippen molar-refractivity contribution in [1.29, 1.82) is 0 Å². The highest BCUT2D eigenvalue weighted by molar-refractivity contribution is 7.17. The molecule has 2 heterocycles. The summed E-state index contributed by atoms with van der Waals surface area (Å²) in [7, 11) is 0. The summed E-state index contributed by atoms with van der Waals surface area (Å²) in [5.41, 5.74) is 1.55. The second-order valence-corrected chi connectivity index (χ2v) is 8.99. The Hall–Kier alpha value is -4.38. The lowest BCUT2D eigenvalue weighted by Gasteiger charge is -2.23. The maximum absolute atomic E-state index is 13.3. The standard InChI is InChI=1S/C25H21N3O7S/c1-4-35-24(32)22-14(3)26-25(36-22)27-19(15-9-11-17(12-10-15)28(33)34)18(21(30)23(27)31)20(29)16-7-5-13(2)6-8-16/h5-12,19,29H,4H2,1-3H3/t19-/m0/s1. The van der Waals surface area contributed by atoms with Crippen molar-refractivity contribution in [2.75, 3.05) is 11.5 Å². The van der Waals surface area contributed by atoms with Gasteiger partial charge in [-0.1, -0.05) is 41.2 Å². The zero-order valence-electron chi connectivity index (χ0n) is 19.5. The number of non-ortho nitro benzene ring substituents is 1. The number of nitro benzene ring substituents is 1. The number of thiazole rings is 1. The van der Waals surface area contributed by atoms with Crippen molar-refractivity contribution in [2.45, 2.75) is 26.8 Å². The molecular formula is C25H21N3O7S. The van der Waals surface area contributed by atoms with Gasteiger partial charge >= 0.3 is 11.9 Å². The average molecular weight is 508 g/mol. The van der Waals surface area contributed by atoms with Crippen LogP contribution in [-0.2, 0) is 14.3 Å². The first-order valence-electron chi connectivity index (χ1n) is 10.9. The van der Waals surface area contributed by atoms with E-state index in [0.29, 0.717) is 16.8 Å². The Bertz CT molecular complexity index is 1410. The van der Waals surface area contributed by atoms with E-state index < -0.39 is 34.4 Å². The first-order valence-corrected chi connectivity index (χ1v) is 11.7. The van der Waals surface area contributed by atoms with Crippen LogP contribution in [-0.4, -0.2) is 39.3 Å². The highest BCUT2D eigenvalue weighted by Gasteiger charge is 2.48. The number of hydrogen-bond acceptors (Lipinski definition) is 9. The predicted octanol–water partition coefficient (Wildman–Crippen LogP) is 4.47. The average Bonchev–Trinajstić information content (AvgIpc) is 3.36. The quantitative estimate of drug-likeness (QED) is 0.129. The van der Waals surface area contributed by atoms with E-state index >= 15 is 0 Å². The molecule has 4 rings (SSSR count). The normalized spacial score (nSPS) is 16.9. The number of aliphatic hydroxyl groups is 1. The summed E-state index contributed by atoms with van der Waals surface area (Å²) in [5, 5.41) is 22.3. The molecule has 0 saturated carbocycles. The van der Waals surface area contributed by atoms with Crippen LogP contribution in [0.3, 0.4) is 0 Å². The Morgan fingerprint density at radius 2 is 1.78 bits per heavy atom. The first kappa shape index (κ1) is 24.7. The molecule has 1 saturated heterocycles. The van der Waals surface area contributed by atoms with E-state index in [9.17, 15) is 29.6 Å². The number of nitrogens with zero attached hydrogens (tertiary/aromatic N) is 3. The number of carbonyl (C=O) groups is 3. The number of hydrogen-bond donors (Lipinski definition) is 1. The lowest BCUT2D eigenvalue weighted by molar-refractivity contribution is -0.384. The monoisotopic (exact) mass is 507 g/mol. The van der Waals surface area contributed by atoms with Gasteiger partial charge in [0.05, 0.1) is 28.8 Å². The molecule has 0 radical (unpaired) electrons. The van der Waals surface area contributed by atoms with E-state index in [2.05, 4.69) is 4.98 Å². The number of nitro groups is 1. The lowest BCUT2D eigenvalue weighted by Crippen LogP contribution is -2.29. The summed E-state index contributed by atoms with van der Waals surface area (Å²) in [6.45, 7) is 5.25. The van der Waals surface area contributed by atoms with E-state index in [-0.39, 0.29) is 27.9 Å². The Balaban J connectivity index is 1.91. The van der Waals surface area contributed by atoms with Gasteiger partial charge in [0.1, 0.15) is 10.6 Å². The number of esters is 1. The molecule has 1 amide bonds. The van der Waals surface area contributed by atoms with Crippen molar-refractivity contribution < 1.29 is 29.2 Å². The maximum atomic E-state index is 13.3. The van der Waals surface area contributed by atoms with Crippen molar-refractivity contribution in [1.82, 2.24) is 4.98 Å². The molecule has 1 aromatic heterocycles. The minimum atomic E-state index is -1.13. The molecule has 0 spiro atoms. The van der Waals surface area contributed by atoms with Crippen molar-refractivity contribution in [3.63, 3.8) is 0 Å². The number of carbonyl (C=O) groups excluding carboxylic acids is 3. The van der Waals surface area contributed by atoms with Crippen LogP contribution in [0.5, 0.6) is 0 Å². The molecule has 3 aromatic rings. The van der Waals surface area contributed by atoms with Crippen LogP contribution in [0.4, 0.5) is 10.8 Å². The van der Waals surface area contributed by atoms with E-state index in [1.54, 1.807) is 38.1 Å². The number of ketones is 1. The second-order valence-electron chi connectivity index (χ2n) is 8.02. The minimum Gasteiger partial charge on any atom is -0.507 e. The van der Waals surface area contributed by atoms with Gasteiger partial charge in [0.15, 0.2) is 5.13 Å². The zero-order chi connectivity index (χ0) is 26.1. The summed E-state index contributed by atoms with van der Waals surface area (Å²) in [6, 6.07) is 10.9. The third-order valence-corrected chi connectivity index (χ3v) is 6.78. The SMILES string of the molecule is CCOC(=O)c1sc(N2C(=O)C(=O)C(=C(O)c3ccc(C)cc3)[C@@H]2c2ccc([N+](=O)[O-])cc2)nc1C. The number of aromatic nitrogens is 1. The molecular weight excluding hydrogens is 486 g/mol. The summed E-state index contributed by atoms with van der Waals surface area (Å²) < 4.78 is 5.05. The van der Waals surface area contributed by atoms with Crippen molar-refractivity contribution in [2.24, 2.45) is 0 Å². The van der Waals surface area contributed by atoms with E-state index in [4.69, 9.17) is 4.74 Å². The fraction of sp³-hybridized carbons (Fsp3) is 0.200. The van der Waals surface area contributed by atoms with Crippen LogP contribution in [0.15, 0.2) is 54.1 Å². The van der Waals surface area contributed by atoms with Crippen LogP contribution in [0.1, 0.15) is 45.0 Å². The molecule has 1 aliphatic rings. The third-order valence-electron chi connectivity index (χ3n) is 5.64. The Kier molecular flexibility index (Phi) is 6.67.